The van der Waals surface area contributed by atoms with E-state index in [2.05, 4.69) is 5.32 Å². The van der Waals surface area contributed by atoms with Gasteiger partial charge in [0.25, 0.3) is 0 Å². The van der Waals surface area contributed by atoms with Gasteiger partial charge in [0.15, 0.2) is 0 Å². The van der Waals surface area contributed by atoms with E-state index in [4.69, 9.17) is 21.7 Å². The van der Waals surface area contributed by atoms with E-state index in [0.717, 1.165) is 0 Å². The number of hydrogen-bond donors (Lipinski definition) is 5. The molecule has 0 spiro atoms. The highest BCUT2D eigenvalue weighted by molar-refractivity contribution is 5.87. The van der Waals surface area contributed by atoms with Crippen LogP contribution in [-0.2, 0) is 4.79 Å². The topological polar surface area (TPSA) is 156 Å². The van der Waals surface area contributed by atoms with Crippen LogP contribution in [0.5, 0.6) is 0 Å². The predicted octanol–water partition coefficient (Wildman–Crippen LogP) is 0.232. The van der Waals surface area contributed by atoms with E-state index in [0.29, 0.717) is 24.9 Å². The van der Waals surface area contributed by atoms with Crippen molar-refractivity contribution in [1.29, 1.82) is 0 Å². The van der Waals surface area contributed by atoms with Crippen LogP contribution in [0.2, 0.25) is 0 Å². The second-order valence-electron chi connectivity index (χ2n) is 4.05. The molecule has 7 N–H and O–H groups in total. The molecule has 1 aromatic rings. The summed E-state index contributed by atoms with van der Waals surface area (Å²) in [4.78, 5) is 30.5. The fraction of sp³-hybridized carbons (Fsp3) is 0.308. The van der Waals surface area contributed by atoms with E-state index in [1.165, 1.54) is 0 Å². The Morgan fingerprint density at radius 1 is 1.14 bits per heavy atom. The number of hydrogen-bond acceptors (Lipinski definition) is 4. The third-order valence-electron chi connectivity index (χ3n) is 2.33. The first-order valence-electron chi connectivity index (χ1n) is 6.14. The molecule has 8 heteroatoms. The molecular weight excluding hydrogens is 278 g/mol. The summed E-state index contributed by atoms with van der Waals surface area (Å²) in [6.07, 6.45) is 0.839. The predicted molar refractivity (Wildman–Crippen MR) is 75.8 cm³/mol. The van der Waals surface area contributed by atoms with Crippen LogP contribution in [0, 0.1) is 0 Å². The number of aliphatic carboxylic acids is 1. The van der Waals surface area contributed by atoms with Gasteiger partial charge < -0.3 is 27.0 Å². The minimum Gasteiger partial charge on any atom is -0.480 e. The van der Waals surface area contributed by atoms with Crippen molar-refractivity contribution in [2.24, 2.45) is 11.5 Å². The van der Waals surface area contributed by atoms with Crippen molar-refractivity contribution in [3.8, 4) is 0 Å². The molecule has 0 aliphatic heterocycles. The molecule has 1 atom stereocenters. The highest BCUT2D eigenvalue weighted by Gasteiger charge is 2.09. The van der Waals surface area contributed by atoms with Crippen molar-refractivity contribution in [1.82, 2.24) is 5.32 Å². The van der Waals surface area contributed by atoms with Crippen molar-refractivity contribution in [3.05, 3.63) is 35.9 Å². The van der Waals surface area contributed by atoms with Gasteiger partial charge in [-0.3, -0.25) is 4.79 Å². The minimum atomic E-state index is -1.03. The van der Waals surface area contributed by atoms with Crippen LogP contribution >= 0.6 is 0 Å². The van der Waals surface area contributed by atoms with E-state index in [1.807, 2.05) is 0 Å². The van der Waals surface area contributed by atoms with Gasteiger partial charge in [0, 0.05) is 6.54 Å². The zero-order chi connectivity index (χ0) is 16.3. The first-order valence-corrected chi connectivity index (χ1v) is 6.14. The Hall–Kier alpha value is -2.61. The molecule has 0 saturated carbocycles. The fourth-order valence-corrected chi connectivity index (χ4v) is 1.24. The van der Waals surface area contributed by atoms with Gasteiger partial charge in [-0.05, 0) is 25.0 Å². The van der Waals surface area contributed by atoms with Gasteiger partial charge >= 0.3 is 18.0 Å². The van der Waals surface area contributed by atoms with Crippen molar-refractivity contribution < 1.29 is 24.6 Å². The smallest absolute Gasteiger partial charge is 0.335 e. The molecule has 0 fully saturated rings. The Balaban J connectivity index is 0.000000394. The number of carboxylic acids is 2. The summed E-state index contributed by atoms with van der Waals surface area (Å²) in [6, 6.07) is 6.82. The van der Waals surface area contributed by atoms with Gasteiger partial charge in [-0.15, -0.1) is 0 Å². The number of primary amides is 1. The summed E-state index contributed by atoms with van der Waals surface area (Å²) in [5.41, 5.74) is 10.3. The van der Waals surface area contributed by atoms with Gasteiger partial charge in [0.05, 0.1) is 5.56 Å². The number of nitrogens with one attached hydrogen (secondary N) is 1. The van der Waals surface area contributed by atoms with Crippen LogP contribution in [0.3, 0.4) is 0 Å². The number of carbonyl (C=O) groups excluding carboxylic acids is 1. The number of carbonyl (C=O) groups is 3. The van der Waals surface area contributed by atoms with Gasteiger partial charge in [0.2, 0.25) is 0 Å². The molecule has 8 nitrogen and oxygen atoms in total. The van der Waals surface area contributed by atoms with Gasteiger partial charge in [-0.25, -0.2) is 9.59 Å². The Kier molecular flexibility index (Phi) is 8.94. The molecule has 0 unspecified atom stereocenters. The molecular formula is C13H19N3O5. The van der Waals surface area contributed by atoms with Crippen molar-refractivity contribution in [2.75, 3.05) is 6.54 Å². The SMILES string of the molecule is NC(=O)NCCC[C@H](N)C(=O)O.O=C(O)c1ccccc1. The molecule has 1 aromatic carbocycles. The molecule has 21 heavy (non-hydrogen) atoms. The molecule has 0 radical (unpaired) electrons. The lowest BCUT2D eigenvalue weighted by Gasteiger charge is -2.05. The second-order valence-corrected chi connectivity index (χ2v) is 4.05. The molecule has 2 amide bonds. The Morgan fingerprint density at radius 3 is 2.10 bits per heavy atom. The number of amides is 2. The first kappa shape index (κ1) is 18.4. The molecule has 0 bridgehead atoms. The summed E-state index contributed by atoms with van der Waals surface area (Å²) in [5.74, 6) is -1.91. The van der Waals surface area contributed by atoms with Gasteiger partial charge in [0.1, 0.15) is 6.04 Å². The Morgan fingerprint density at radius 2 is 1.71 bits per heavy atom. The zero-order valence-corrected chi connectivity index (χ0v) is 11.4. The molecule has 0 aliphatic carbocycles. The molecule has 1 rings (SSSR count). The summed E-state index contributed by atoms with van der Waals surface area (Å²) < 4.78 is 0. The fourth-order valence-electron chi connectivity index (χ4n) is 1.24. The molecule has 0 aliphatic rings. The van der Waals surface area contributed by atoms with Crippen LogP contribution in [0.25, 0.3) is 0 Å². The average molecular weight is 297 g/mol. The average Bonchev–Trinajstić information content (AvgIpc) is 2.44. The van der Waals surface area contributed by atoms with Crippen LogP contribution in [0.1, 0.15) is 23.2 Å². The maximum absolute atomic E-state index is 10.2. The lowest BCUT2D eigenvalue weighted by molar-refractivity contribution is -0.138. The first-order chi connectivity index (χ1) is 9.84. The summed E-state index contributed by atoms with van der Waals surface area (Å²) in [6.45, 7) is 0.357. The minimum absolute atomic E-state index is 0.329. The third kappa shape index (κ3) is 9.91. The number of nitrogens with two attached hydrogens (primary N) is 2. The van der Waals surface area contributed by atoms with E-state index < -0.39 is 24.0 Å². The molecule has 0 heterocycles. The molecule has 116 valence electrons. The summed E-state index contributed by atoms with van der Waals surface area (Å²) in [5, 5.41) is 19.1. The lowest BCUT2D eigenvalue weighted by Crippen LogP contribution is -2.33. The maximum Gasteiger partial charge on any atom is 0.335 e. The Labute approximate surface area is 121 Å². The monoisotopic (exact) mass is 297 g/mol. The summed E-state index contributed by atoms with van der Waals surface area (Å²) in [7, 11) is 0. The summed E-state index contributed by atoms with van der Waals surface area (Å²) >= 11 is 0. The van der Waals surface area contributed by atoms with Crippen LogP contribution in [0.4, 0.5) is 4.79 Å². The number of carboxylic acid groups (broad SMARTS) is 2. The number of urea groups is 1. The highest BCUT2D eigenvalue weighted by atomic mass is 16.4. The maximum atomic E-state index is 10.2. The van der Waals surface area contributed by atoms with Crippen molar-refractivity contribution >= 4 is 18.0 Å². The van der Waals surface area contributed by atoms with Gasteiger partial charge in [-0.1, -0.05) is 18.2 Å². The molecule has 0 aromatic heterocycles. The largest absolute Gasteiger partial charge is 0.480 e. The second kappa shape index (κ2) is 10.2. The number of rotatable bonds is 6. The molecule has 0 saturated heterocycles. The van der Waals surface area contributed by atoms with Crippen molar-refractivity contribution in [3.63, 3.8) is 0 Å². The van der Waals surface area contributed by atoms with Crippen LogP contribution < -0.4 is 16.8 Å². The van der Waals surface area contributed by atoms with E-state index >= 15 is 0 Å². The standard InChI is InChI=1S/C7H6O2.C6H13N3O3/c8-7(9)6-4-2-1-3-5-6;7-4(5(10)11)2-1-3-9-6(8)12/h1-5H,(H,8,9);4H,1-3,7H2,(H,10,11)(H3,8,9,12)/t;4-/m.0/s1. The number of benzene rings is 1. The van der Waals surface area contributed by atoms with Crippen molar-refractivity contribution in [2.45, 2.75) is 18.9 Å². The van der Waals surface area contributed by atoms with Gasteiger partial charge in [-0.2, -0.15) is 0 Å². The lowest BCUT2D eigenvalue weighted by atomic mass is 10.2. The van der Waals surface area contributed by atoms with E-state index in [9.17, 15) is 14.4 Å². The van der Waals surface area contributed by atoms with Crippen LogP contribution in [0.15, 0.2) is 30.3 Å². The third-order valence-corrected chi connectivity index (χ3v) is 2.33. The highest BCUT2D eigenvalue weighted by Crippen LogP contribution is 1.96. The van der Waals surface area contributed by atoms with E-state index in [-0.39, 0.29) is 0 Å². The zero-order valence-electron chi connectivity index (χ0n) is 11.4. The number of aromatic carboxylic acids is 1. The Bertz CT molecular complexity index is 464. The van der Waals surface area contributed by atoms with Crippen LogP contribution in [-0.4, -0.2) is 40.8 Å². The normalized spacial score (nSPS) is 10.7. The van der Waals surface area contributed by atoms with E-state index in [1.54, 1.807) is 30.3 Å². The quantitative estimate of drug-likeness (QED) is 0.473.